The number of carboxylic acids is 1. The minimum Gasteiger partial charge on any atom is -0.481 e. The standard InChI is InChI=1S/C13H21N3O2S/c1-2-3-10-4-6-11(7-5-10)16-9-14-15-13(16)19-8-12(17)18/h9-11H,2-8H2,1H3,(H,17,18). The first-order chi connectivity index (χ1) is 9.20. The molecule has 1 aliphatic rings. The molecule has 2 rings (SSSR count). The first kappa shape index (κ1) is 14.4. The molecule has 0 bridgehead atoms. The lowest BCUT2D eigenvalue weighted by atomic mass is 9.83. The fourth-order valence-electron chi connectivity index (χ4n) is 2.83. The summed E-state index contributed by atoms with van der Waals surface area (Å²) in [5.74, 6) is 0.100. The second kappa shape index (κ2) is 6.93. The lowest BCUT2D eigenvalue weighted by Gasteiger charge is -2.29. The third kappa shape index (κ3) is 3.96. The van der Waals surface area contributed by atoms with Crippen LogP contribution in [0.2, 0.25) is 0 Å². The Morgan fingerprint density at radius 2 is 2.21 bits per heavy atom. The predicted octanol–water partition coefficient (Wildman–Crippen LogP) is 2.99. The number of hydrogen-bond donors (Lipinski definition) is 1. The molecule has 0 spiro atoms. The van der Waals surface area contributed by atoms with Gasteiger partial charge in [0.2, 0.25) is 0 Å². The van der Waals surface area contributed by atoms with E-state index in [0.29, 0.717) is 6.04 Å². The summed E-state index contributed by atoms with van der Waals surface area (Å²) in [6.45, 7) is 2.24. The molecule has 1 aliphatic carbocycles. The van der Waals surface area contributed by atoms with Crippen LogP contribution in [0.3, 0.4) is 0 Å². The van der Waals surface area contributed by atoms with Crippen LogP contribution in [0.25, 0.3) is 0 Å². The van der Waals surface area contributed by atoms with Crippen molar-refractivity contribution >= 4 is 17.7 Å². The largest absolute Gasteiger partial charge is 0.481 e. The predicted molar refractivity (Wildman–Crippen MR) is 74.3 cm³/mol. The van der Waals surface area contributed by atoms with Gasteiger partial charge in [-0.05, 0) is 31.6 Å². The molecule has 0 radical (unpaired) electrons. The van der Waals surface area contributed by atoms with Crippen molar-refractivity contribution in [2.45, 2.75) is 56.6 Å². The lowest BCUT2D eigenvalue weighted by molar-refractivity contribution is -0.133. The van der Waals surface area contributed by atoms with Crippen molar-refractivity contribution in [1.29, 1.82) is 0 Å². The summed E-state index contributed by atoms with van der Waals surface area (Å²) in [5, 5.41) is 17.4. The Balaban J connectivity index is 1.92. The maximum Gasteiger partial charge on any atom is 0.313 e. The summed E-state index contributed by atoms with van der Waals surface area (Å²) >= 11 is 1.26. The molecule has 1 aromatic heterocycles. The number of hydrogen-bond acceptors (Lipinski definition) is 4. The summed E-state index contributed by atoms with van der Waals surface area (Å²) in [7, 11) is 0. The highest BCUT2D eigenvalue weighted by molar-refractivity contribution is 7.99. The molecule has 0 aromatic carbocycles. The maximum atomic E-state index is 10.6. The molecule has 1 aromatic rings. The van der Waals surface area contributed by atoms with Crippen molar-refractivity contribution in [1.82, 2.24) is 14.8 Å². The minimum absolute atomic E-state index is 0.0455. The van der Waals surface area contributed by atoms with E-state index in [4.69, 9.17) is 5.11 Å². The van der Waals surface area contributed by atoms with Gasteiger partial charge in [-0.15, -0.1) is 10.2 Å². The van der Waals surface area contributed by atoms with Crippen LogP contribution >= 0.6 is 11.8 Å². The number of nitrogens with zero attached hydrogens (tertiary/aromatic N) is 3. The molecule has 106 valence electrons. The second-order valence-corrected chi connectivity index (χ2v) is 6.11. The van der Waals surface area contributed by atoms with Gasteiger partial charge in [0, 0.05) is 6.04 Å². The van der Waals surface area contributed by atoms with Crippen LogP contribution in [0.5, 0.6) is 0 Å². The highest BCUT2D eigenvalue weighted by Crippen LogP contribution is 2.35. The van der Waals surface area contributed by atoms with E-state index in [0.717, 1.165) is 23.9 Å². The third-order valence-corrected chi connectivity index (χ3v) is 4.71. The van der Waals surface area contributed by atoms with E-state index >= 15 is 0 Å². The molecule has 6 heteroatoms. The number of carboxylic acid groups (broad SMARTS) is 1. The van der Waals surface area contributed by atoms with Crippen LogP contribution < -0.4 is 0 Å². The average molecular weight is 283 g/mol. The zero-order valence-electron chi connectivity index (χ0n) is 11.3. The van der Waals surface area contributed by atoms with Crippen LogP contribution in [0.1, 0.15) is 51.5 Å². The lowest BCUT2D eigenvalue weighted by Crippen LogP contribution is -2.18. The van der Waals surface area contributed by atoms with Crippen LogP contribution in [-0.4, -0.2) is 31.6 Å². The molecule has 1 fully saturated rings. The molecule has 1 heterocycles. The monoisotopic (exact) mass is 283 g/mol. The summed E-state index contributed by atoms with van der Waals surface area (Å²) in [5.41, 5.74) is 0. The average Bonchev–Trinajstić information content (AvgIpc) is 2.86. The van der Waals surface area contributed by atoms with Crippen molar-refractivity contribution in [3.05, 3.63) is 6.33 Å². The molecular formula is C13H21N3O2S. The van der Waals surface area contributed by atoms with Gasteiger partial charge in [0.1, 0.15) is 6.33 Å². The normalized spacial score (nSPS) is 23.4. The van der Waals surface area contributed by atoms with Crippen LogP contribution in [-0.2, 0) is 4.79 Å². The molecule has 1 saturated carbocycles. The van der Waals surface area contributed by atoms with Crippen molar-refractivity contribution in [2.24, 2.45) is 5.92 Å². The Kier molecular flexibility index (Phi) is 5.24. The van der Waals surface area contributed by atoms with Crippen LogP contribution in [0.15, 0.2) is 11.5 Å². The van der Waals surface area contributed by atoms with E-state index in [9.17, 15) is 4.79 Å². The van der Waals surface area contributed by atoms with Gasteiger partial charge in [-0.25, -0.2) is 0 Å². The van der Waals surface area contributed by atoms with E-state index in [1.807, 2.05) is 0 Å². The highest BCUT2D eigenvalue weighted by atomic mass is 32.2. The second-order valence-electron chi connectivity index (χ2n) is 5.17. The summed E-state index contributed by atoms with van der Waals surface area (Å²) in [6, 6.07) is 0.444. The van der Waals surface area contributed by atoms with Crippen molar-refractivity contribution < 1.29 is 9.90 Å². The first-order valence-electron chi connectivity index (χ1n) is 6.94. The SMILES string of the molecule is CCCC1CCC(n2cnnc2SCC(=O)O)CC1. The van der Waals surface area contributed by atoms with Crippen LogP contribution in [0, 0.1) is 5.92 Å². The van der Waals surface area contributed by atoms with Crippen LogP contribution in [0.4, 0.5) is 0 Å². The highest BCUT2D eigenvalue weighted by Gasteiger charge is 2.23. The van der Waals surface area contributed by atoms with E-state index in [1.165, 1.54) is 37.4 Å². The van der Waals surface area contributed by atoms with E-state index in [1.54, 1.807) is 6.33 Å². The molecule has 0 aliphatic heterocycles. The van der Waals surface area contributed by atoms with Crippen molar-refractivity contribution in [3.63, 3.8) is 0 Å². The molecule has 1 N–H and O–H groups in total. The van der Waals surface area contributed by atoms with Gasteiger partial charge in [0.25, 0.3) is 0 Å². The van der Waals surface area contributed by atoms with Crippen molar-refractivity contribution in [3.8, 4) is 0 Å². The smallest absolute Gasteiger partial charge is 0.313 e. The Morgan fingerprint density at radius 3 is 2.84 bits per heavy atom. The number of rotatable bonds is 6. The molecule has 0 amide bonds. The van der Waals surface area contributed by atoms with Gasteiger partial charge < -0.3 is 9.67 Å². The van der Waals surface area contributed by atoms with Crippen molar-refractivity contribution in [2.75, 3.05) is 5.75 Å². The van der Waals surface area contributed by atoms with Gasteiger partial charge in [-0.1, -0.05) is 31.5 Å². The zero-order chi connectivity index (χ0) is 13.7. The number of aliphatic carboxylic acids is 1. The third-order valence-electron chi connectivity index (χ3n) is 3.77. The number of aromatic nitrogens is 3. The van der Waals surface area contributed by atoms with E-state index < -0.39 is 5.97 Å². The Bertz CT molecular complexity index is 414. The molecule has 0 saturated heterocycles. The van der Waals surface area contributed by atoms with Gasteiger partial charge in [-0.2, -0.15) is 0 Å². The first-order valence-corrected chi connectivity index (χ1v) is 7.93. The Hall–Kier alpha value is -1.04. The Labute approximate surface area is 117 Å². The maximum absolute atomic E-state index is 10.6. The van der Waals surface area contributed by atoms with E-state index in [2.05, 4.69) is 21.7 Å². The van der Waals surface area contributed by atoms with Gasteiger partial charge in [0.05, 0.1) is 5.75 Å². The molecular weight excluding hydrogens is 262 g/mol. The molecule has 19 heavy (non-hydrogen) atoms. The topological polar surface area (TPSA) is 68.0 Å². The number of carbonyl (C=O) groups is 1. The molecule has 5 nitrogen and oxygen atoms in total. The van der Waals surface area contributed by atoms with Gasteiger partial charge >= 0.3 is 5.97 Å². The zero-order valence-corrected chi connectivity index (χ0v) is 12.1. The summed E-state index contributed by atoms with van der Waals surface area (Å²) in [6.07, 6.45) is 9.18. The quantitative estimate of drug-likeness (QED) is 0.813. The summed E-state index contributed by atoms with van der Waals surface area (Å²) in [4.78, 5) is 10.6. The minimum atomic E-state index is -0.814. The van der Waals surface area contributed by atoms with E-state index in [-0.39, 0.29) is 5.75 Å². The molecule has 0 atom stereocenters. The van der Waals surface area contributed by atoms with Gasteiger partial charge in [0.15, 0.2) is 5.16 Å². The molecule has 0 unspecified atom stereocenters. The number of thioether (sulfide) groups is 1. The van der Waals surface area contributed by atoms with Gasteiger partial charge in [-0.3, -0.25) is 4.79 Å². The Morgan fingerprint density at radius 1 is 1.47 bits per heavy atom. The fourth-order valence-corrected chi connectivity index (χ4v) is 3.53. The fraction of sp³-hybridized carbons (Fsp3) is 0.769. The summed E-state index contributed by atoms with van der Waals surface area (Å²) < 4.78 is 2.07.